The Morgan fingerprint density at radius 3 is 2.69 bits per heavy atom. The molecule has 3 rings (SSSR count). The van der Waals surface area contributed by atoms with Gasteiger partial charge in [0.05, 0.1) is 6.61 Å². The zero-order valence-corrected chi connectivity index (χ0v) is 16.9. The van der Waals surface area contributed by atoms with Crippen LogP contribution in [0.15, 0.2) is 29.6 Å². The Morgan fingerprint density at radius 2 is 2.00 bits per heavy atom. The highest BCUT2D eigenvalue weighted by Gasteiger charge is 2.45. The number of thiazole rings is 1. The second-order valence-electron chi connectivity index (χ2n) is 7.07. The van der Waals surface area contributed by atoms with Gasteiger partial charge in [-0.15, -0.1) is 11.3 Å². The number of ether oxygens (including phenoxy) is 1. The molecular formula is C19H25N3O6S. The Kier molecular flexibility index (Phi) is 6.83. The van der Waals surface area contributed by atoms with E-state index in [-0.39, 0.29) is 16.6 Å². The zero-order valence-electron chi connectivity index (χ0n) is 16.1. The number of rotatable bonds is 6. The van der Waals surface area contributed by atoms with Gasteiger partial charge in [0.1, 0.15) is 41.2 Å². The van der Waals surface area contributed by atoms with Crippen molar-refractivity contribution in [1.29, 1.82) is 0 Å². The number of aliphatic hydroxyl groups excluding tert-OH is 4. The molecule has 1 aromatic heterocycles. The predicted molar refractivity (Wildman–Crippen MR) is 107 cm³/mol. The van der Waals surface area contributed by atoms with Crippen LogP contribution < -0.4 is 10.2 Å². The fourth-order valence-electron chi connectivity index (χ4n) is 3.05. The highest BCUT2D eigenvalue weighted by molar-refractivity contribution is 7.09. The molecule has 0 spiro atoms. The SMILES string of the molecule is CN(C)c1cccc(CNC(=O)c2csc([C@@H]3O[C@H](CO)[C@H](O)[C@H](O)[C@H]3O)n2)c1. The summed E-state index contributed by atoms with van der Waals surface area (Å²) in [5, 5.41) is 43.9. The number of aliphatic hydroxyl groups is 4. The Bertz CT molecular complexity index is 843. The van der Waals surface area contributed by atoms with Crippen LogP contribution in [0.25, 0.3) is 0 Å². The van der Waals surface area contributed by atoms with E-state index in [2.05, 4.69) is 10.3 Å². The van der Waals surface area contributed by atoms with Crippen molar-refractivity contribution < 1.29 is 30.0 Å². The first-order valence-electron chi connectivity index (χ1n) is 9.12. The van der Waals surface area contributed by atoms with Gasteiger partial charge < -0.3 is 35.4 Å². The van der Waals surface area contributed by atoms with Crippen molar-refractivity contribution in [3.05, 3.63) is 45.9 Å². The molecule has 1 amide bonds. The van der Waals surface area contributed by atoms with E-state index < -0.39 is 37.1 Å². The number of hydrogen-bond acceptors (Lipinski definition) is 9. The molecule has 0 unspecified atom stereocenters. The van der Waals surface area contributed by atoms with Gasteiger partial charge in [0, 0.05) is 31.7 Å². The number of aromatic nitrogens is 1. The molecule has 2 heterocycles. The van der Waals surface area contributed by atoms with Crippen LogP contribution in [0.4, 0.5) is 5.69 Å². The average Bonchev–Trinajstić information content (AvgIpc) is 3.21. The molecule has 0 aliphatic carbocycles. The molecular weight excluding hydrogens is 398 g/mol. The first-order valence-corrected chi connectivity index (χ1v) is 10.00. The molecule has 9 nitrogen and oxygen atoms in total. The van der Waals surface area contributed by atoms with Gasteiger partial charge in [0.2, 0.25) is 0 Å². The maximum Gasteiger partial charge on any atom is 0.271 e. The highest BCUT2D eigenvalue weighted by atomic mass is 32.1. The highest BCUT2D eigenvalue weighted by Crippen LogP contribution is 2.33. The number of anilines is 1. The number of nitrogens with one attached hydrogen (secondary N) is 1. The second kappa shape index (κ2) is 9.16. The number of nitrogens with zero attached hydrogens (tertiary/aromatic N) is 2. The Labute approximate surface area is 172 Å². The van der Waals surface area contributed by atoms with Crippen molar-refractivity contribution in [3.63, 3.8) is 0 Å². The fourth-order valence-corrected chi connectivity index (χ4v) is 3.92. The summed E-state index contributed by atoms with van der Waals surface area (Å²) in [4.78, 5) is 18.6. The third kappa shape index (κ3) is 4.74. The third-order valence-electron chi connectivity index (χ3n) is 4.77. The van der Waals surface area contributed by atoms with Crippen LogP contribution in [-0.2, 0) is 11.3 Å². The molecule has 0 radical (unpaired) electrons. The van der Waals surface area contributed by atoms with Gasteiger partial charge in [-0.25, -0.2) is 4.98 Å². The van der Waals surface area contributed by atoms with Crippen LogP contribution in [0.5, 0.6) is 0 Å². The molecule has 158 valence electrons. The maximum atomic E-state index is 12.4. The van der Waals surface area contributed by atoms with E-state index in [9.17, 15) is 25.2 Å². The lowest BCUT2D eigenvalue weighted by Gasteiger charge is -2.39. The van der Waals surface area contributed by atoms with E-state index in [1.54, 1.807) is 0 Å². The maximum absolute atomic E-state index is 12.4. The van der Waals surface area contributed by atoms with Crippen LogP contribution in [0.1, 0.15) is 27.2 Å². The van der Waals surface area contributed by atoms with Crippen LogP contribution in [0, 0.1) is 0 Å². The molecule has 5 atom stereocenters. The van der Waals surface area contributed by atoms with E-state index in [0.717, 1.165) is 22.6 Å². The van der Waals surface area contributed by atoms with Gasteiger partial charge in [-0.1, -0.05) is 12.1 Å². The quantitative estimate of drug-likeness (QED) is 0.426. The summed E-state index contributed by atoms with van der Waals surface area (Å²) in [6.45, 7) is -0.195. The average molecular weight is 423 g/mol. The molecule has 2 aromatic rings. The van der Waals surface area contributed by atoms with E-state index in [1.165, 1.54) is 5.38 Å². The minimum atomic E-state index is -1.49. The van der Waals surface area contributed by atoms with Crippen molar-refractivity contribution in [1.82, 2.24) is 10.3 Å². The third-order valence-corrected chi connectivity index (χ3v) is 5.68. The summed E-state index contributed by atoms with van der Waals surface area (Å²) in [6, 6.07) is 7.77. The topological polar surface area (TPSA) is 135 Å². The molecule has 1 aliphatic rings. The lowest BCUT2D eigenvalue weighted by Crippen LogP contribution is -2.55. The molecule has 1 aliphatic heterocycles. The minimum Gasteiger partial charge on any atom is -0.394 e. The zero-order chi connectivity index (χ0) is 21.1. The second-order valence-corrected chi connectivity index (χ2v) is 7.96. The summed E-state index contributed by atoms with van der Waals surface area (Å²) < 4.78 is 5.48. The number of amides is 1. The molecule has 1 saturated heterocycles. The van der Waals surface area contributed by atoms with E-state index in [0.29, 0.717) is 6.54 Å². The van der Waals surface area contributed by atoms with E-state index >= 15 is 0 Å². The Balaban J connectivity index is 1.66. The molecule has 29 heavy (non-hydrogen) atoms. The molecule has 1 aromatic carbocycles. The summed E-state index contributed by atoms with van der Waals surface area (Å²) in [5.41, 5.74) is 2.12. The van der Waals surface area contributed by atoms with Crippen LogP contribution >= 0.6 is 11.3 Å². The van der Waals surface area contributed by atoms with E-state index in [4.69, 9.17) is 4.74 Å². The first-order chi connectivity index (χ1) is 13.8. The number of benzene rings is 1. The van der Waals surface area contributed by atoms with Gasteiger partial charge >= 0.3 is 0 Å². The molecule has 0 saturated carbocycles. The lowest BCUT2D eigenvalue weighted by atomic mass is 9.95. The molecule has 0 bridgehead atoms. The Hall–Kier alpha value is -2.08. The normalized spacial score (nSPS) is 26.9. The standard InChI is InChI=1S/C19H25N3O6S/c1-22(2)11-5-3-4-10(6-11)7-20-18(27)12-9-29-19(21-12)17-16(26)15(25)14(24)13(8-23)28-17/h3-6,9,13-17,23-26H,7-8H2,1-2H3,(H,20,27)/t13-,14+,15+,16-,17-/m1/s1. The number of carbonyl (C=O) groups excluding carboxylic acids is 1. The minimum absolute atomic E-state index is 0.158. The van der Waals surface area contributed by atoms with Gasteiger partial charge in [-0.3, -0.25) is 4.79 Å². The van der Waals surface area contributed by atoms with Crippen molar-refractivity contribution in [3.8, 4) is 0 Å². The van der Waals surface area contributed by atoms with Crippen molar-refractivity contribution in [2.24, 2.45) is 0 Å². The molecule has 5 N–H and O–H groups in total. The van der Waals surface area contributed by atoms with Crippen molar-refractivity contribution >= 4 is 22.9 Å². The lowest BCUT2D eigenvalue weighted by molar-refractivity contribution is -0.231. The largest absolute Gasteiger partial charge is 0.394 e. The summed E-state index contributed by atoms with van der Waals surface area (Å²) in [7, 11) is 3.88. The van der Waals surface area contributed by atoms with Crippen LogP contribution in [0.3, 0.4) is 0 Å². The number of hydrogen-bond donors (Lipinski definition) is 5. The Morgan fingerprint density at radius 1 is 1.24 bits per heavy atom. The monoisotopic (exact) mass is 423 g/mol. The van der Waals surface area contributed by atoms with Gasteiger partial charge in [-0.2, -0.15) is 0 Å². The van der Waals surface area contributed by atoms with Crippen LogP contribution in [0.2, 0.25) is 0 Å². The summed E-state index contributed by atoms with van der Waals surface area (Å²) in [5.74, 6) is -0.382. The summed E-state index contributed by atoms with van der Waals surface area (Å²) in [6.07, 6.45) is -6.43. The van der Waals surface area contributed by atoms with Crippen LogP contribution in [-0.4, -0.2) is 76.4 Å². The van der Waals surface area contributed by atoms with Gasteiger partial charge in [-0.05, 0) is 17.7 Å². The van der Waals surface area contributed by atoms with Gasteiger partial charge in [0.15, 0.2) is 0 Å². The molecule has 1 fully saturated rings. The molecule has 10 heteroatoms. The van der Waals surface area contributed by atoms with Gasteiger partial charge in [0.25, 0.3) is 5.91 Å². The smallest absolute Gasteiger partial charge is 0.271 e. The summed E-state index contributed by atoms with van der Waals surface area (Å²) >= 11 is 1.09. The fraction of sp³-hybridized carbons (Fsp3) is 0.474. The van der Waals surface area contributed by atoms with Crippen molar-refractivity contribution in [2.75, 3.05) is 25.6 Å². The van der Waals surface area contributed by atoms with Crippen molar-refractivity contribution in [2.45, 2.75) is 37.1 Å². The first kappa shape index (κ1) is 21.6. The number of carbonyl (C=O) groups is 1. The predicted octanol–water partition coefficient (Wildman–Crippen LogP) is -0.346. The van der Waals surface area contributed by atoms with E-state index in [1.807, 2.05) is 43.3 Å².